The summed E-state index contributed by atoms with van der Waals surface area (Å²) in [7, 11) is 1.86. The lowest BCUT2D eigenvalue weighted by molar-refractivity contribution is -0.159. The summed E-state index contributed by atoms with van der Waals surface area (Å²) in [5.41, 5.74) is 2.53. The predicted octanol–water partition coefficient (Wildman–Crippen LogP) is 1.07. The van der Waals surface area contributed by atoms with E-state index in [-0.39, 0.29) is 0 Å². The van der Waals surface area contributed by atoms with Crippen LogP contribution in [0.2, 0.25) is 0 Å². The van der Waals surface area contributed by atoms with Gasteiger partial charge in [0.15, 0.2) is 11.5 Å². The van der Waals surface area contributed by atoms with Crippen LogP contribution in [0.4, 0.5) is 11.8 Å². The number of hydrogen-bond acceptors (Lipinski definition) is 11. The number of carboxylic acid groups (broad SMARTS) is 4. The van der Waals surface area contributed by atoms with Gasteiger partial charge in [-0.3, -0.25) is 0 Å². The summed E-state index contributed by atoms with van der Waals surface area (Å²) in [6.07, 6.45) is 6.56. The van der Waals surface area contributed by atoms with Crippen molar-refractivity contribution in [3.63, 3.8) is 0 Å². The smallest absolute Gasteiger partial charge is 0.414 e. The van der Waals surface area contributed by atoms with Crippen molar-refractivity contribution in [3.05, 3.63) is 35.5 Å². The van der Waals surface area contributed by atoms with Gasteiger partial charge in [-0.2, -0.15) is 4.98 Å². The van der Waals surface area contributed by atoms with Gasteiger partial charge in [-0.1, -0.05) is 6.07 Å². The lowest BCUT2D eigenvalue weighted by Crippen LogP contribution is -2.37. The van der Waals surface area contributed by atoms with Crippen molar-refractivity contribution in [1.82, 2.24) is 15.3 Å². The van der Waals surface area contributed by atoms with E-state index in [0.717, 1.165) is 43.2 Å². The van der Waals surface area contributed by atoms with Crippen molar-refractivity contribution >= 4 is 35.6 Å². The standard InChI is InChI=1S/C21H27N5O2.2C2H2O4/c1-22-21-24-11-17(20(26-21)25-15-3-4-15)16-6-7-23-10-14(16)8-13-2-5-18-19(9-13)28-12-27-18;2*3-1(4)2(5)6/h2,5,9,11,14-16,23H,3-4,6-8,10,12H2,1H3,(H2,22,24,25,26);2*(H,3,4)(H,5,6). The van der Waals surface area contributed by atoms with E-state index in [2.05, 4.69) is 33.1 Å². The minimum Gasteiger partial charge on any atom is -0.473 e. The molecule has 1 saturated carbocycles. The van der Waals surface area contributed by atoms with Crippen LogP contribution in [0.5, 0.6) is 11.5 Å². The van der Waals surface area contributed by atoms with E-state index in [1.54, 1.807) is 0 Å². The number of carbonyl (C=O) groups is 4. The molecule has 5 rings (SSSR count). The van der Waals surface area contributed by atoms with E-state index in [1.165, 1.54) is 24.0 Å². The molecule has 15 heteroatoms. The first kappa shape index (κ1) is 29.9. The number of benzene rings is 1. The minimum absolute atomic E-state index is 0.317. The molecular weight excluding hydrogens is 530 g/mol. The number of aliphatic carboxylic acids is 4. The number of fused-ring (bicyclic) bond motifs is 1. The van der Waals surface area contributed by atoms with Gasteiger partial charge in [0.1, 0.15) is 5.82 Å². The molecular formula is C25H31N5O10. The van der Waals surface area contributed by atoms with Gasteiger partial charge in [0.25, 0.3) is 0 Å². The monoisotopic (exact) mass is 561 g/mol. The molecule has 1 saturated heterocycles. The van der Waals surface area contributed by atoms with E-state index in [9.17, 15) is 0 Å². The molecule has 2 atom stereocenters. The number of hydrogen-bond donors (Lipinski definition) is 7. The molecule has 2 aromatic rings. The van der Waals surface area contributed by atoms with Crippen LogP contribution in [0, 0.1) is 5.92 Å². The zero-order valence-corrected chi connectivity index (χ0v) is 21.6. The summed E-state index contributed by atoms with van der Waals surface area (Å²) in [6, 6.07) is 6.86. The molecule has 216 valence electrons. The Labute approximate surface area is 228 Å². The minimum atomic E-state index is -1.82. The van der Waals surface area contributed by atoms with Crippen LogP contribution in [-0.2, 0) is 25.6 Å². The molecule has 7 N–H and O–H groups in total. The van der Waals surface area contributed by atoms with Crippen LogP contribution in [0.25, 0.3) is 0 Å². The molecule has 0 spiro atoms. The second-order valence-electron chi connectivity index (χ2n) is 9.14. The van der Waals surface area contributed by atoms with Crippen LogP contribution in [0.15, 0.2) is 24.4 Å². The highest BCUT2D eigenvalue weighted by Crippen LogP contribution is 2.39. The lowest BCUT2D eigenvalue weighted by Gasteiger charge is -2.33. The van der Waals surface area contributed by atoms with Crippen molar-refractivity contribution in [2.24, 2.45) is 5.92 Å². The summed E-state index contributed by atoms with van der Waals surface area (Å²) < 4.78 is 11.0. The highest BCUT2D eigenvalue weighted by molar-refractivity contribution is 6.27. The Kier molecular flexibility index (Phi) is 10.4. The van der Waals surface area contributed by atoms with Gasteiger partial charge in [-0.15, -0.1) is 0 Å². The molecule has 1 aliphatic carbocycles. The Morgan fingerprint density at radius 1 is 0.975 bits per heavy atom. The average Bonchev–Trinajstić information content (AvgIpc) is 3.62. The largest absolute Gasteiger partial charge is 0.473 e. The second-order valence-corrected chi connectivity index (χ2v) is 9.14. The maximum absolute atomic E-state index is 9.10. The number of ether oxygens (including phenoxy) is 2. The van der Waals surface area contributed by atoms with E-state index in [0.29, 0.717) is 30.6 Å². The van der Waals surface area contributed by atoms with Crippen LogP contribution < -0.4 is 25.4 Å². The fraction of sp³-hybridized carbons (Fsp3) is 0.440. The number of nitrogens with zero attached hydrogens (tertiary/aromatic N) is 2. The summed E-state index contributed by atoms with van der Waals surface area (Å²) in [5.74, 6) is -3.01. The van der Waals surface area contributed by atoms with Gasteiger partial charge < -0.3 is 45.9 Å². The van der Waals surface area contributed by atoms with Crippen molar-refractivity contribution in [2.75, 3.05) is 37.6 Å². The first-order valence-electron chi connectivity index (χ1n) is 12.4. The van der Waals surface area contributed by atoms with Gasteiger partial charge >= 0.3 is 23.9 Å². The quantitative estimate of drug-likeness (QED) is 0.245. The van der Waals surface area contributed by atoms with Crippen LogP contribution >= 0.6 is 0 Å². The molecule has 3 aliphatic rings. The number of carboxylic acids is 4. The van der Waals surface area contributed by atoms with E-state index in [4.69, 9.17) is 54.1 Å². The van der Waals surface area contributed by atoms with Crippen molar-refractivity contribution in [3.8, 4) is 11.5 Å². The third-order valence-corrected chi connectivity index (χ3v) is 6.27. The molecule has 0 amide bonds. The number of aromatic nitrogens is 2. The topological polar surface area (TPSA) is 230 Å². The Bertz CT molecular complexity index is 1190. The molecule has 2 aliphatic heterocycles. The third kappa shape index (κ3) is 8.69. The predicted molar refractivity (Wildman–Crippen MR) is 139 cm³/mol. The van der Waals surface area contributed by atoms with Crippen molar-refractivity contribution in [1.29, 1.82) is 0 Å². The number of rotatable bonds is 6. The molecule has 2 unspecified atom stereocenters. The van der Waals surface area contributed by atoms with E-state index >= 15 is 0 Å². The number of nitrogens with one attached hydrogen (secondary N) is 3. The highest BCUT2D eigenvalue weighted by atomic mass is 16.7. The van der Waals surface area contributed by atoms with Gasteiger partial charge in [0, 0.05) is 24.8 Å². The summed E-state index contributed by atoms with van der Waals surface area (Å²) in [4.78, 5) is 45.7. The maximum Gasteiger partial charge on any atom is 0.414 e. The molecule has 3 heterocycles. The summed E-state index contributed by atoms with van der Waals surface area (Å²) >= 11 is 0. The molecule has 0 radical (unpaired) electrons. The molecule has 1 aromatic carbocycles. The summed E-state index contributed by atoms with van der Waals surface area (Å²) in [5, 5.41) is 39.8. The zero-order chi connectivity index (χ0) is 29.2. The molecule has 0 bridgehead atoms. The Morgan fingerprint density at radius 3 is 2.23 bits per heavy atom. The second kappa shape index (κ2) is 13.9. The SMILES string of the molecule is CNc1ncc(C2CCNCC2Cc2ccc3c(c2)OCO3)c(NC2CC2)n1.O=C(O)C(=O)O.O=C(O)C(=O)O. The van der Waals surface area contributed by atoms with Crippen LogP contribution in [0.1, 0.15) is 36.3 Å². The van der Waals surface area contributed by atoms with E-state index < -0.39 is 23.9 Å². The Hall–Kier alpha value is -4.66. The first-order chi connectivity index (χ1) is 19.1. The third-order valence-electron chi connectivity index (χ3n) is 6.27. The van der Waals surface area contributed by atoms with Crippen LogP contribution in [-0.4, -0.2) is 87.2 Å². The number of piperidine rings is 1. The molecule has 15 nitrogen and oxygen atoms in total. The van der Waals surface area contributed by atoms with Gasteiger partial charge in [0.2, 0.25) is 12.7 Å². The normalized spacial score (nSPS) is 18.6. The Morgan fingerprint density at radius 2 is 1.62 bits per heavy atom. The van der Waals surface area contributed by atoms with E-state index in [1.807, 2.05) is 19.3 Å². The average molecular weight is 562 g/mol. The first-order valence-corrected chi connectivity index (χ1v) is 12.4. The lowest BCUT2D eigenvalue weighted by atomic mass is 9.78. The molecule has 40 heavy (non-hydrogen) atoms. The van der Waals surface area contributed by atoms with Gasteiger partial charge in [0.05, 0.1) is 0 Å². The Balaban J connectivity index is 0.000000311. The van der Waals surface area contributed by atoms with Crippen molar-refractivity contribution in [2.45, 2.75) is 37.6 Å². The van der Waals surface area contributed by atoms with Crippen molar-refractivity contribution < 1.29 is 49.1 Å². The maximum atomic E-state index is 9.10. The van der Waals surface area contributed by atoms with Gasteiger partial charge in [-0.05, 0) is 68.3 Å². The fourth-order valence-corrected chi connectivity index (χ4v) is 4.24. The molecule has 1 aromatic heterocycles. The fourth-order valence-electron chi connectivity index (χ4n) is 4.24. The highest BCUT2D eigenvalue weighted by Gasteiger charge is 2.31. The summed E-state index contributed by atoms with van der Waals surface area (Å²) in [6.45, 7) is 2.34. The van der Waals surface area contributed by atoms with Crippen LogP contribution in [0.3, 0.4) is 0 Å². The number of anilines is 2. The van der Waals surface area contributed by atoms with Gasteiger partial charge in [-0.25, -0.2) is 24.2 Å². The zero-order valence-electron chi connectivity index (χ0n) is 21.6. The molecule has 2 fully saturated rings.